The van der Waals surface area contributed by atoms with Gasteiger partial charge in [0.2, 0.25) is 12.2 Å². The number of benzene rings is 1. The number of fused-ring (bicyclic) bond motifs is 1. The number of nitrogens with zero attached hydrogens (tertiary/aromatic N) is 4. The molecule has 1 aromatic carbocycles. The first-order chi connectivity index (χ1) is 13.3. The van der Waals surface area contributed by atoms with Crippen molar-refractivity contribution in [2.45, 2.75) is 42.0 Å². The van der Waals surface area contributed by atoms with Crippen LogP contribution in [0.4, 0.5) is 13.2 Å². The van der Waals surface area contributed by atoms with E-state index in [0.717, 1.165) is 18.2 Å². The molecule has 12 heteroatoms. The summed E-state index contributed by atoms with van der Waals surface area (Å²) in [5.41, 5.74) is -6.52. The molecule has 158 valence electrons. The van der Waals surface area contributed by atoms with Gasteiger partial charge in [0.05, 0.1) is 10.9 Å². The van der Waals surface area contributed by atoms with E-state index in [-0.39, 0.29) is 17.3 Å². The third-order valence-electron chi connectivity index (χ3n) is 5.06. The molecule has 1 aromatic rings. The number of aliphatic imine (C=N–C) groups is 1. The summed E-state index contributed by atoms with van der Waals surface area (Å²) < 4.78 is 68.5. The minimum absolute atomic E-state index is 0.0723. The van der Waals surface area contributed by atoms with Gasteiger partial charge in [0, 0.05) is 25.7 Å². The van der Waals surface area contributed by atoms with Gasteiger partial charge in [0.25, 0.3) is 9.84 Å². The van der Waals surface area contributed by atoms with Crippen LogP contribution in [0.15, 0.2) is 28.1 Å². The molecule has 1 saturated heterocycles. The van der Waals surface area contributed by atoms with Crippen LogP contribution in [-0.2, 0) is 9.84 Å². The Morgan fingerprint density at radius 3 is 2.59 bits per heavy atom. The first-order valence-electron chi connectivity index (χ1n) is 8.58. The number of likely N-dealkylation sites (N-methyl/N-ethyl adjacent to an activating group) is 1. The standard InChI is InChI=1S/C17H19F3N4O4S/c1-16(2)14(25)13(24-7-6-23(3)15(24)22-9-21)11-8-10(4-5-12(11)28-16)29(26,27)17(18,19)20/h4-5,8,13-14,25H,6-7H2,1-3H3. The number of alkyl halides is 3. The van der Waals surface area contributed by atoms with Crippen molar-refractivity contribution in [3.8, 4) is 11.9 Å². The lowest BCUT2D eigenvalue weighted by Crippen LogP contribution is -2.54. The van der Waals surface area contributed by atoms with E-state index in [0.29, 0.717) is 13.1 Å². The van der Waals surface area contributed by atoms with Crippen molar-refractivity contribution >= 4 is 15.8 Å². The second kappa shape index (κ2) is 6.77. The monoisotopic (exact) mass is 432 g/mol. The van der Waals surface area contributed by atoms with Crippen LogP contribution in [-0.4, -0.2) is 66.6 Å². The maximum absolute atomic E-state index is 13.0. The highest BCUT2D eigenvalue weighted by atomic mass is 32.2. The molecule has 0 aromatic heterocycles. The van der Waals surface area contributed by atoms with Gasteiger partial charge in [-0.15, -0.1) is 4.99 Å². The fourth-order valence-electron chi connectivity index (χ4n) is 3.52. The summed E-state index contributed by atoms with van der Waals surface area (Å²) in [6.45, 7) is 4.00. The van der Waals surface area contributed by atoms with Crippen LogP contribution in [0.25, 0.3) is 0 Å². The summed E-state index contributed by atoms with van der Waals surface area (Å²) in [5.74, 6) is 0.376. The Labute approximate surface area is 165 Å². The van der Waals surface area contributed by atoms with Crippen LogP contribution in [0.3, 0.4) is 0 Å². The number of guanidine groups is 1. The Morgan fingerprint density at radius 2 is 2.00 bits per heavy atom. The SMILES string of the molecule is CN1CCN(C2c3cc(S(=O)(=O)C(F)(F)F)ccc3OC(C)(C)C2O)C1=NC#N. The van der Waals surface area contributed by atoms with Gasteiger partial charge in [0.15, 0.2) is 0 Å². The lowest BCUT2D eigenvalue weighted by Gasteiger charge is -2.45. The quantitative estimate of drug-likeness (QED) is 0.708. The molecule has 0 aliphatic carbocycles. The highest BCUT2D eigenvalue weighted by Crippen LogP contribution is 2.45. The number of halogens is 3. The molecule has 2 aliphatic rings. The second-order valence-electron chi connectivity index (χ2n) is 7.37. The predicted molar refractivity (Wildman–Crippen MR) is 95.5 cm³/mol. The van der Waals surface area contributed by atoms with Gasteiger partial charge in [-0.3, -0.25) is 0 Å². The summed E-state index contributed by atoms with van der Waals surface area (Å²) in [5, 5.41) is 19.9. The van der Waals surface area contributed by atoms with Gasteiger partial charge in [0.1, 0.15) is 17.5 Å². The van der Waals surface area contributed by atoms with E-state index in [9.17, 15) is 26.7 Å². The fourth-order valence-corrected chi connectivity index (χ4v) is 4.32. The lowest BCUT2D eigenvalue weighted by atomic mass is 9.85. The molecule has 3 rings (SSSR count). The molecule has 2 aliphatic heterocycles. The molecule has 2 heterocycles. The number of hydrogen-bond donors (Lipinski definition) is 1. The van der Waals surface area contributed by atoms with E-state index in [2.05, 4.69) is 4.99 Å². The first kappa shape index (κ1) is 21.2. The minimum atomic E-state index is -5.59. The molecule has 0 amide bonds. The Kier molecular flexibility index (Phi) is 4.95. The van der Waals surface area contributed by atoms with Crippen LogP contribution in [0.2, 0.25) is 0 Å². The topological polar surface area (TPSA) is 106 Å². The van der Waals surface area contributed by atoms with Gasteiger partial charge >= 0.3 is 5.51 Å². The molecule has 2 unspecified atom stereocenters. The van der Waals surface area contributed by atoms with E-state index in [4.69, 9.17) is 10.00 Å². The van der Waals surface area contributed by atoms with Gasteiger partial charge in [-0.25, -0.2) is 8.42 Å². The maximum Gasteiger partial charge on any atom is 0.501 e. The predicted octanol–water partition coefficient (Wildman–Crippen LogP) is 1.64. The lowest BCUT2D eigenvalue weighted by molar-refractivity contribution is -0.0803. The smallest absolute Gasteiger partial charge is 0.485 e. The average Bonchev–Trinajstić information content (AvgIpc) is 2.95. The number of ether oxygens (including phenoxy) is 1. The zero-order chi connectivity index (χ0) is 21.8. The molecule has 1 N–H and O–H groups in total. The summed E-state index contributed by atoms with van der Waals surface area (Å²) in [6, 6.07) is 1.88. The van der Waals surface area contributed by atoms with Crippen LogP contribution in [0.5, 0.6) is 5.75 Å². The Balaban J connectivity index is 2.20. The maximum atomic E-state index is 13.0. The molecule has 0 spiro atoms. The van der Waals surface area contributed by atoms with E-state index >= 15 is 0 Å². The van der Waals surface area contributed by atoms with Crippen molar-refractivity contribution in [1.29, 1.82) is 5.26 Å². The van der Waals surface area contributed by atoms with Crippen molar-refractivity contribution in [3.05, 3.63) is 23.8 Å². The van der Waals surface area contributed by atoms with Gasteiger partial charge in [-0.05, 0) is 32.0 Å². The Hall–Kier alpha value is -2.52. The molecule has 0 bridgehead atoms. The Bertz CT molecular complexity index is 1000. The summed E-state index contributed by atoms with van der Waals surface area (Å²) in [4.78, 5) is 6.03. The fraction of sp³-hybridized carbons (Fsp3) is 0.529. The number of sulfone groups is 1. The molecule has 2 atom stereocenters. The van der Waals surface area contributed by atoms with Crippen molar-refractivity contribution in [3.63, 3.8) is 0 Å². The summed E-state index contributed by atoms with van der Waals surface area (Å²) >= 11 is 0. The van der Waals surface area contributed by atoms with Crippen LogP contribution in [0.1, 0.15) is 25.5 Å². The number of aliphatic hydroxyl groups is 1. The van der Waals surface area contributed by atoms with E-state index in [1.165, 1.54) is 0 Å². The molecule has 0 radical (unpaired) electrons. The number of aliphatic hydroxyl groups excluding tert-OH is 1. The van der Waals surface area contributed by atoms with Gasteiger partial charge in [-0.1, -0.05) is 0 Å². The second-order valence-corrected chi connectivity index (χ2v) is 9.31. The zero-order valence-corrected chi connectivity index (χ0v) is 16.6. The first-order valence-corrected chi connectivity index (χ1v) is 10.1. The van der Waals surface area contributed by atoms with Crippen LogP contribution < -0.4 is 4.74 Å². The van der Waals surface area contributed by atoms with Crippen LogP contribution in [0, 0.1) is 11.5 Å². The molecule has 1 fully saturated rings. The van der Waals surface area contributed by atoms with Crippen LogP contribution >= 0.6 is 0 Å². The Morgan fingerprint density at radius 1 is 1.34 bits per heavy atom. The van der Waals surface area contributed by atoms with Crippen molar-refractivity contribution in [2.75, 3.05) is 20.1 Å². The van der Waals surface area contributed by atoms with E-state index in [1.807, 2.05) is 0 Å². The number of hydrogen-bond acceptors (Lipinski definition) is 6. The summed E-state index contributed by atoms with van der Waals surface area (Å²) in [7, 11) is -3.91. The minimum Gasteiger partial charge on any atom is -0.485 e. The zero-order valence-electron chi connectivity index (χ0n) is 15.8. The normalized spacial score (nSPS) is 25.5. The number of rotatable bonds is 2. The largest absolute Gasteiger partial charge is 0.501 e. The van der Waals surface area contributed by atoms with Gasteiger partial charge < -0.3 is 19.6 Å². The average molecular weight is 432 g/mol. The molecule has 8 nitrogen and oxygen atoms in total. The third kappa shape index (κ3) is 3.38. The highest BCUT2D eigenvalue weighted by Gasteiger charge is 2.50. The van der Waals surface area contributed by atoms with E-state index < -0.39 is 38.0 Å². The molecule has 29 heavy (non-hydrogen) atoms. The highest BCUT2D eigenvalue weighted by molar-refractivity contribution is 7.92. The van der Waals surface area contributed by atoms with Crippen molar-refractivity contribution in [1.82, 2.24) is 9.80 Å². The molecule has 0 saturated carbocycles. The molecular weight excluding hydrogens is 413 g/mol. The van der Waals surface area contributed by atoms with Gasteiger partial charge in [-0.2, -0.15) is 18.4 Å². The molecular formula is C17H19F3N4O4S. The van der Waals surface area contributed by atoms with E-state index in [1.54, 1.807) is 36.9 Å². The van der Waals surface area contributed by atoms with Crippen molar-refractivity contribution in [2.24, 2.45) is 4.99 Å². The van der Waals surface area contributed by atoms with Crippen molar-refractivity contribution < 1.29 is 31.4 Å². The summed E-state index contributed by atoms with van der Waals surface area (Å²) in [6.07, 6.45) is 0.430. The number of nitriles is 1. The third-order valence-corrected chi connectivity index (χ3v) is 6.54.